The largest absolute Gasteiger partial charge is 0.469 e. The number of rotatable bonds is 6. The fourth-order valence-electron chi connectivity index (χ4n) is 3.35. The van der Waals surface area contributed by atoms with Gasteiger partial charge in [0.1, 0.15) is 11.9 Å². The molecule has 1 unspecified atom stereocenters. The van der Waals surface area contributed by atoms with Gasteiger partial charge in [0.05, 0.1) is 22.7 Å². The Kier molecular flexibility index (Phi) is 6.88. The van der Waals surface area contributed by atoms with Crippen molar-refractivity contribution in [3.8, 4) is 11.9 Å². The van der Waals surface area contributed by atoms with Gasteiger partial charge in [0.15, 0.2) is 0 Å². The second-order valence-corrected chi connectivity index (χ2v) is 8.79. The summed E-state index contributed by atoms with van der Waals surface area (Å²) in [6.45, 7) is 5.53. The minimum absolute atomic E-state index is 0.280. The van der Waals surface area contributed by atoms with Crippen molar-refractivity contribution in [1.82, 2.24) is 14.9 Å². The third-order valence-corrected chi connectivity index (χ3v) is 6.34. The molecule has 0 spiro atoms. The first-order valence-electron chi connectivity index (χ1n) is 10.4. The Balaban J connectivity index is 1.61. The standard InChI is InChI=1S/C24H24FN5OS/c1-17(19-5-7-20(25)8-6-19)31-23-22(32-21-9-3-18(15-26)4-10-21)16-27-24(28-23)30-13-11-29(2)12-14-30/h3-10,16-17H,11-14H2,1-2H3. The van der Waals surface area contributed by atoms with E-state index in [2.05, 4.69) is 27.9 Å². The van der Waals surface area contributed by atoms with Gasteiger partial charge in [0.25, 0.3) is 0 Å². The highest BCUT2D eigenvalue weighted by Crippen LogP contribution is 2.36. The van der Waals surface area contributed by atoms with Gasteiger partial charge in [0, 0.05) is 31.1 Å². The molecule has 0 radical (unpaired) electrons. The molecule has 1 fully saturated rings. The molecule has 1 aliphatic rings. The minimum Gasteiger partial charge on any atom is -0.469 e. The van der Waals surface area contributed by atoms with Gasteiger partial charge >= 0.3 is 0 Å². The lowest BCUT2D eigenvalue weighted by atomic mass is 10.1. The fraction of sp³-hybridized carbons (Fsp3) is 0.292. The summed E-state index contributed by atoms with van der Waals surface area (Å²) in [6, 6.07) is 15.8. The predicted molar refractivity (Wildman–Crippen MR) is 122 cm³/mol. The second kappa shape index (κ2) is 9.98. The molecule has 0 aliphatic carbocycles. The summed E-state index contributed by atoms with van der Waals surface area (Å²) >= 11 is 1.48. The van der Waals surface area contributed by atoms with Crippen LogP contribution in [0.1, 0.15) is 24.2 Å². The molecule has 8 heteroatoms. The lowest BCUT2D eigenvalue weighted by Gasteiger charge is -2.32. The topological polar surface area (TPSA) is 65.3 Å². The molecule has 2 aromatic carbocycles. The van der Waals surface area contributed by atoms with Crippen molar-refractivity contribution >= 4 is 17.7 Å². The molecule has 0 bridgehead atoms. The molecule has 1 aliphatic heterocycles. The number of nitrogens with zero attached hydrogens (tertiary/aromatic N) is 5. The molecule has 4 rings (SSSR count). The maximum atomic E-state index is 13.3. The van der Waals surface area contributed by atoms with Crippen LogP contribution in [0.3, 0.4) is 0 Å². The summed E-state index contributed by atoms with van der Waals surface area (Å²) in [6.07, 6.45) is 1.47. The number of aromatic nitrogens is 2. The number of likely N-dealkylation sites (N-methyl/N-ethyl adjacent to an activating group) is 1. The van der Waals surface area contributed by atoms with Crippen molar-refractivity contribution in [1.29, 1.82) is 5.26 Å². The Morgan fingerprint density at radius 2 is 1.75 bits per heavy atom. The molecule has 2 heterocycles. The zero-order chi connectivity index (χ0) is 22.5. The molecule has 3 aromatic rings. The van der Waals surface area contributed by atoms with Crippen LogP contribution in [0.25, 0.3) is 0 Å². The molecule has 164 valence electrons. The van der Waals surface area contributed by atoms with Gasteiger partial charge in [-0.3, -0.25) is 0 Å². The highest BCUT2D eigenvalue weighted by atomic mass is 32.2. The number of ether oxygens (including phenoxy) is 1. The van der Waals surface area contributed by atoms with Crippen LogP contribution in [-0.4, -0.2) is 48.1 Å². The Morgan fingerprint density at radius 3 is 2.41 bits per heavy atom. The number of anilines is 1. The van der Waals surface area contributed by atoms with E-state index in [1.165, 1.54) is 23.9 Å². The second-order valence-electron chi connectivity index (χ2n) is 7.68. The molecular weight excluding hydrogens is 425 g/mol. The summed E-state index contributed by atoms with van der Waals surface area (Å²) in [4.78, 5) is 15.5. The minimum atomic E-state index is -0.314. The van der Waals surface area contributed by atoms with Crippen LogP contribution in [0.5, 0.6) is 5.88 Å². The molecule has 1 saturated heterocycles. The Bertz CT molecular complexity index is 1090. The van der Waals surface area contributed by atoms with E-state index in [1.807, 2.05) is 19.1 Å². The van der Waals surface area contributed by atoms with E-state index < -0.39 is 0 Å². The van der Waals surface area contributed by atoms with E-state index in [9.17, 15) is 4.39 Å². The monoisotopic (exact) mass is 449 g/mol. The highest BCUT2D eigenvalue weighted by molar-refractivity contribution is 7.99. The fourth-order valence-corrected chi connectivity index (χ4v) is 4.17. The number of benzene rings is 2. The summed E-state index contributed by atoms with van der Waals surface area (Å²) in [5.41, 5.74) is 1.47. The molecule has 0 saturated carbocycles. The van der Waals surface area contributed by atoms with Gasteiger partial charge in [-0.25, -0.2) is 9.37 Å². The highest BCUT2D eigenvalue weighted by Gasteiger charge is 2.20. The van der Waals surface area contributed by atoms with Gasteiger partial charge in [-0.1, -0.05) is 23.9 Å². The molecule has 32 heavy (non-hydrogen) atoms. The average molecular weight is 450 g/mol. The molecule has 0 amide bonds. The third kappa shape index (κ3) is 5.36. The first kappa shape index (κ1) is 22.1. The molecule has 6 nitrogen and oxygen atoms in total. The van der Waals surface area contributed by atoms with Gasteiger partial charge in [-0.2, -0.15) is 10.2 Å². The lowest BCUT2D eigenvalue weighted by Crippen LogP contribution is -2.45. The van der Waals surface area contributed by atoms with Crippen molar-refractivity contribution in [3.63, 3.8) is 0 Å². The van der Waals surface area contributed by atoms with E-state index in [4.69, 9.17) is 15.0 Å². The summed E-state index contributed by atoms with van der Waals surface area (Å²) in [5.74, 6) is 0.848. The van der Waals surface area contributed by atoms with Crippen molar-refractivity contribution in [3.05, 3.63) is 71.7 Å². The maximum Gasteiger partial charge on any atom is 0.233 e. The molecule has 0 N–H and O–H groups in total. The van der Waals surface area contributed by atoms with E-state index in [-0.39, 0.29) is 11.9 Å². The Hall–Kier alpha value is -3.15. The van der Waals surface area contributed by atoms with Crippen molar-refractivity contribution in [2.45, 2.75) is 22.8 Å². The Morgan fingerprint density at radius 1 is 1.06 bits per heavy atom. The quantitative estimate of drug-likeness (QED) is 0.548. The van der Waals surface area contributed by atoms with Crippen LogP contribution in [-0.2, 0) is 0 Å². The SMILES string of the molecule is CC(Oc1nc(N2CCN(C)CC2)ncc1Sc1ccc(C#N)cc1)c1ccc(F)cc1. The normalized spacial score (nSPS) is 15.2. The average Bonchev–Trinajstić information content (AvgIpc) is 2.81. The first-order chi connectivity index (χ1) is 15.5. The zero-order valence-corrected chi connectivity index (χ0v) is 18.8. The van der Waals surface area contributed by atoms with E-state index >= 15 is 0 Å². The maximum absolute atomic E-state index is 13.3. The van der Waals surface area contributed by atoms with Crippen LogP contribution in [0.2, 0.25) is 0 Å². The number of halogens is 1. The number of piperazine rings is 1. The number of hydrogen-bond acceptors (Lipinski definition) is 7. The molecular formula is C24H24FN5OS. The molecule has 1 aromatic heterocycles. The van der Waals surface area contributed by atoms with Crippen LogP contribution in [0, 0.1) is 17.1 Å². The smallest absolute Gasteiger partial charge is 0.233 e. The van der Waals surface area contributed by atoms with Gasteiger partial charge in [-0.05, 0) is 55.9 Å². The summed E-state index contributed by atoms with van der Waals surface area (Å²) < 4.78 is 19.6. The van der Waals surface area contributed by atoms with E-state index in [0.29, 0.717) is 17.4 Å². The van der Waals surface area contributed by atoms with Crippen LogP contribution in [0.15, 0.2) is 64.5 Å². The number of nitriles is 1. The first-order valence-corrected chi connectivity index (χ1v) is 11.2. The molecule has 1 atom stereocenters. The van der Waals surface area contributed by atoms with Crippen molar-refractivity contribution < 1.29 is 9.13 Å². The van der Waals surface area contributed by atoms with Crippen molar-refractivity contribution in [2.75, 3.05) is 38.1 Å². The summed E-state index contributed by atoms with van der Waals surface area (Å²) in [7, 11) is 2.11. The number of hydrogen-bond donors (Lipinski definition) is 0. The third-order valence-electron chi connectivity index (χ3n) is 5.33. The lowest BCUT2D eigenvalue weighted by molar-refractivity contribution is 0.210. The van der Waals surface area contributed by atoms with Crippen LogP contribution < -0.4 is 9.64 Å². The van der Waals surface area contributed by atoms with Gasteiger partial charge in [0.2, 0.25) is 11.8 Å². The predicted octanol–water partition coefficient (Wildman–Crippen LogP) is 4.53. The van der Waals surface area contributed by atoms with Gasteiger partial charge in [-0.15, -0.1) is 0 Å². The summed E-state index contributed by atoms with van der Waals surface area (Å²) in [5, 5.41) is 9.03. The van der Waals surface area contributed by atoms with E-state index in [1.54, 1.807) is 30.5 Å². The Labute approximate surface area is 191 Å². The van der Waals surface area contributed by atoms with Gasteiger partial charge < -0.3 is 14.5 Å². The van der Waals surface area contributed by atoms with Crippen LogP contribution >= 0.6 is 11.8 Å². The zero-order valence-electron chi connectivity index (χ0n) is 18.0. The van der Waals surface area contributed by atoms with E-state index in [0.717, 1.165) is 41.5 Å². The van der Waals surface area contributed by atoms with Crippen LogP contribution in [0.4, 0.5) is 10.3 Å². The van der Waals surface area contributed by atoms with Crippen molar-refractivity contribution in [2.24, 2.45) is 0 Å².